The summed E-state index contributed by atoms with van der Waals surface area (Å²) in [6.45, 7) is 1.53. The molecule has 6 heteroatoms. The van der Waals surface area contributed by atoms with Crippen molar-refractivity contribution in [1.29, 1.82) is 0 Å². The zero-order valence-corrected chi connectivity index (χ0v) is 12.9. The van der Waals surface area contributed by atoms with Crippen LogP contribution in [0.5, 0.6) is 0 Å². The maximum absolute atomic E-state index is 11.8. The van der Waals surface area contributed by atoms with Gasteiger partial charge in [0, 0.05) is 10.4 Å². The summed E-state index contributed by atoms with van der Waals surface area (Å²) in [4.78, 5) is 23.4. The summed E-state index contributed by atoms with van der Waals surface area (Å²) in [5.41, 5.74) is 1.34. The zero-order chi connectivity index (χ0) is 15.2. The van der Waals surface area contributed by atoms with Crippen molar-refractivity contribution in [2.75, 3.05) is 6.61 Å². The number of esters is 1. The molecule has 0 aliphatic carbocycles. The van der Waals surface area contributed by atoms with Gasteiger partial charge in [0.05, 0.1) is 11.6 Å². The van der Waals surface area contributed by atoms with Crippen LogP contribution in [0.25, 0.3) is 0 Å². The monoisotopic (exact) mass is 323 g/mol. The second kappa shape index (κ2) is 7.24. The van der Waals surface area contributed by atoms with Crippen molar-refractivity contribution in [1.82, 2.24) is 5.32 Å². The van der Waals surface area contributed by atoms with Crippen LogP contribution >= 0.6 is 22.9 Å². The summed E-state index contributed by atoms with van der Waals surface area (Å²) in [6.07, 6.45) is 0. The number of thiophene rings is 1. The van der Waals surface area contributed by atoms with E-state index in [1.54, 1.807) is 29.0 Å². The van der Waals surface area contributed by atoms with Gasteiger partial charge in [0.1, 0.15) is 0 Å². The van der Waals surface area contributed by atoms with Gasteiger partial charge in [0.15, 0.2) is 6.61 Å². The number of carbonyl (C=O) groups excluding carboxylic acids is 2. The van der Waals surface area contributed by atoms with Gasteiger partial charge < -0.3 is 10.1 Å². The lowest BCUT2D eigenvalue weighted by Crippen LogP contribution is -2.31. The standard InChI is InChI=1S/C15H14ClNO3S/c1-10(11-3-2-4-13(16)7-11)17-14(18)8-20-15(19)12-5-6-21-9-12/h2-7,9-10H,8H2,1H3,(H,17,18). The molecule has 2 rings (SSSR count). The van der Waals surface area contributed by atoms with Gasteiger partial charge in [-0.15, -0.1) is 0 Å². The van der Waals surface area contributed by atoms with Crippen molar-refractivity contribution in [2.24, 2.45) is 0 Å². The topological polar surface area (TPSA) is 55.4 Å². The van der Waals surface area contributed by atoms with Crippen LogP contribution in [0.2, 0.25) is 5.02 Å². The van der Waals surface area contributed by atoms with Gasteiger partial charge >= 0.3 is 5.97 Å². The number of rotatable bonds is 5. The lowest BCUT2D eigenvalue weighted by molar-refractivity contribution is -0.124. The number of halogens is 1. The molecule has 0 saturated carbocycles. The first-order valence-electron chi connectivity index (χ1n) is 6.30. The molecule has 0 aliphatic heterocycles. The molecule has 1 aromatic carbocycles. The zero-order valence-electron chi connectivity index (χ0n) is 11.3. The molecule has 0 saturated heterocycles. The van der Waals surface area contributed by atoms with Crippen molar-refractivity contribution >= 4 is 34.8 Å². The molecule has 21 heavy (non-hydrogen) atoms. The number of nitrogens with one attached hydrogen (secondary N) is 1. The molecular weight excluding hydrogens is 310 g/mol. The number of hydrogen-bond donors (Lipinski definition) is 1. The summed E-state index contributed by atoms with van der Waals surface area (Å²) >= 11 is 7.30. The van der Waals surface area contributed by atoms with E-state index in [2.05, 4.69) is 5.32 Å². The Bertz CT molecular complexity index is 628. The van der Waals surface area contributed by atoms with E-state index in [9.17, 15) is 9.59 Å². The second-order valence-electron chi connectivity index (χ2n) is 4.43. The Morgan fingerprint density at radius 2 is 2.19 bits per heavy atom. The average Bonchev–Trinajstić information content (AvgIpc) is 2.99. The van der Waals surface area contributed by atoms with Gasteiger partial charge in [0.25, 0.3) is 5.91 Å². The van der Waals surface area contributed by atoms with E-state index in [0.29, 0.717) is 10.6 Å². The average molecular weight is 324 g/mol. The van der Waals surface area contributed by atoms with Crippen LogP contribution in [0.1, 0.15) is 28.9 Å². The van der Waals surface area contributed by atoms with Crippen molar-refractivity contribution in [2.45, 2.75) is 13.0 Å². The largest absolute Gasteiger partial charge is 0.452 e. The fraction of sp³-hybridized carbons (Fsp3) is 0.200. The Kier molecular flexibility index (Phi) is 5.36. The van der Waals surface area contributed by atoms with Crippen LogP contribution in [0.3, 0.4) is 0 Å². The molecule has 110 valence electrons. The highest BCUT2D eigenvalue weighted by Gasteiger charge is 2.13. The fourth-order valence-corrected chi connectivity index (χ4v) is 2.56. The number of ether oxygens (including phenoxy) is 1. The summed E-state index contributed by atoms with van der Waals surface area (Å²) < 4.78 is 4.94. The van der Waals surface area contributed by atoms with E-state index in [0.717, 1.165) is 5.56 Å². The highest BCUT2D eigenvalue weighted by atomic mass is 35.5. The normalized spacial score (nSPS) is 11.7. The van der Waals surface area contributed by atoms with Gasteiger partial charge in [-0.3, -0.25) is 4.79 Å². The fourth-order valence-electron chi connectivity index (χ4n) is 1.74. The van der Waals surface area contributed by atoms with Crippen molar-refractivity contribution in [3.05, 3.63) is 57.2 Å². The number of hydrogen-bond acceptors (Lipinski definition) is 4. The number of amides is 1. The highest BCUT2D eigenvalue weighted by Crippen LogP contribution is 2.17. The Balaban J connectivity index is 1.83. The van der Waals surface area contributed by atoms with Gasteiger partial charge in [0.2, 0.25) is 0 Å². The van der Waals surface area contributed by atoms with Crippen LogP contribution in [-0.4, -0.2) is 18.5 Å². The molecule has 4 nitrogen and oxygen atoms in total. The molecule has 1 amide bonds. The Morgan fingerprint density at radius 3 is 2.86 bits per heavy atom. The first-order valence-corrected chi connectivity index (χ1v) is 7.62. The van der Waals surface area contributed by atoms with Crippen LogP contribution in [0, 0.1) is 0 Å². The highest BCUT2D eigenvalue weighted by molar-refractivity contribution is 7.08. The lowest BCUT2D eigenvalue weighted by Gasteiger charge is -2.14. The third kappa shape index (κ3) is 4.58. The maximum atomic E-state index is 11.8. The molecule has 1 N–H and O–H groups in total. The minimum Gasteiger partial charge on any atom is -0.452 e. The summed E-state index contributed by atoms with van der Waals surface area (Å²) in [6, 6.07) is 8.67. The molecule has 0 fully saturated rings. The molecule has 0 aliphatic rings. The third-order valence-electron chi connectivity index (χ3n) is 2.82. The van der Waals surface area contributed by atoms with E-state index < -0.39 is 5.97 Å². The van der Waals surface area contributed by atoms with Crippen LogP contribution in [0.15, 0.2) is 41.1 Å². The SMILES string of the molecule is CC(NC(=O)COC(=O)c1ccsc1)c1cccc(Cl)c1. The molecule has 1 unspecified atom stereocenters. The summed E-state index contributed by atoms with van der Waals surface area (Å²) in [5.74, 6) is -0.854. The molecule has 0 bridgehead atoms. The Labute approximate surface area is 131 Å². The van der Waals surface area contributed by atoms with E-state index in [1.807, 2.05) is 19.1 Å². The summed E-state index contributed by atoms with van der Waals surface area (Å²) in [7, 11) is 0. The molecule has 1 atom stereocenters. The predicted molar refractivity (Wildman–Crippen MR) is 82.6 cm³/mol. The molecule has 2 aromatic rings. The minimum absolute atomic E-state index is 0.212. The predicted octanol–water partition coefficient (Wildman–Crippen LogP) is 3.44. The first-order chi connectivity index (χ1) is 10.1. The molecule has 0 radical (unpaired) electrons. The Hall–Kier alpha value is -1.85. The molecular formula is C15H14ClNO3S. The minimum atomic E-state index is -0.498. The third-order valence-corrected chi connectivity index (χ3v) is 3.74. The van der Waals surface area contributed by atoms with E-state index in [-0.39, 0.29) is 18.6 Å². The van der Waals surface area contributed by atoms with E-state index >= 15 is 0 Å². The van der Waals surface area contributed by atoms with Gasteiger partial charge in [-0.2, -0.15) is 11.3 Å². The summed E-state index contributed by atoms with van der Waals surface area (Å²) in [5, 5.41) is 6.81. The Morgan fingerprint density at radius 1 is 1.38 bits per heavy atom. The number of benzene rings is 1. The van der Waals surface area contributed by atoms with Gasteiger partial charge in [-0.25, -0.2) is 4.79 Å². The van der Waals surface area contributed by atoms with Gasteiger partial charge in [-0.05, 0) is 36.1 Å². The van der Waals surface area contributed by atoms with Crippen LogP contribution in [0.4, 0.5) is 0 Å². The van der Waals surface area contributed by atoms with Crippen molar-refractivity contribution in [3.63, 3.8) is 0 Å². The molecule has 1 aromatic heterocycles. The lowest BCUT2D eigenvalue weighted by atomic mass is 10.1. The van der Waals surface area contributed by atoms with Crippen molar-refractivity contribution < 1.29 is 14.3 Å². The second-order valence-corrected chi connectivity index (χ2v) is 5.65. The van der Waals surface area contributed by atoms with Crippen LogP contribution in [-0.2, 0) is 9.53 Å². The van der Waals surface area contributed by atoms with Gasteiger partial charge in [-0.1, -0.05) is 23.7 Å². The first kappa shape index (κ1) is 15.5. The van der Waals surface area contributed by atoms with E-state index in [1.165, 1.54) is 11.3 Å². The van der Waals surface area contributed by atoms with Crippen molar-refractivity contribution in [3.8, 4) is 0 Å². The molecule has 0 spiro atoms. The smallest absolute Gasteiger partial charge is 0.339 e. The quantitative estimate of drug-likeness (QED) is 0.858. The maximum Gasteiger partial charge on any atom is 0.339 e. The van der Waals surface area contributed by atoms with Crippen LogP contribution < -0.4 is 5.32 Å². The number of carbonyl (C=O) groups is 2. The van der Waals surface area contributed by atoms with E-state index in [4.69, 9.17) is 16.3 Å². The molecule has 1 heterocycles.